The van der Waals surface area contributed by atoms with Crippen molar-refractivity contribution in [1.82, 2.24) is 15.1 Å². The van der Waals surface area contributed by atoms with Crippen LogP contribution in [-0.4, -0.2) is 33.3 Å². The zero-order chi connectivity index (χ0) is 12.8. The number of aliphatic carboxylic acids is 1. The number of hydrogen-bond donors (Lipinski definition) is 2. The standard InChI is InChI=1S/C11H17N3O3/c1-3-9-8(7-14(2)13-9)11(17)12-6-4-5-10(15)16/h7H,3-6H2,1-2H3,(H,12,17)(H,15,16). The Bertz CT molecular complexity index is 412. The van der Waals surface area contributed by atoms with E-state index in [-0.39, 0.29) is 12.3 Å². The molecular weight excluding hydrogens is 222 g/mol. The zero-order valence-corrected chi connectivity index (χ0v) is 10.1. The quantitative estimate of drug-likeness (QED) is 0.711. The minimum absolute atomic E-state index is 0.0634. The average molecular weight is 239 g/mol. The van der Waals surface area contributed by atoms with Crippen LogP contribution in [0.25, 0.3) is 0 Å². The van der Waals surface area contributed by atoms with Crippen LogP contribution in [0.3, 0.4) is 0 Å². The number of amides is 1. The van der Waals surface area contributed by atoms with E-state index >= 15 is 0 Å². The van der Waals surface area contributed by atoms with Gasteiger partial charge in [0, 0.05) is 26.2 Å². The molecule has 0 saturated heterocycles. The number of nitrogens with one attached hydrogen (secondary N) is 1. The maximum absolute atomic E-state index is 11.8. The van der Waals surface area contributed by atoms with Gasteiger partial charge in [0.2, 0.25) is 0 Å². The van der Waals surface area contributed by atoms with E-state index in [1.54, 1.807) is 17.9 Å². The Balaban J connectivity index is 2.49. The number of carboxylic acids is 1. The second-order valence-corrected chi connectivity index (χ2v) is 3.77. The molecule has 0 aliphatic heterocycles. The molecule has 1 rings (SSSR count). The van der Waals surface area contributed by atoms with Gasteiger partial charge in [0.1, 0.15) is 0 Å². The number of aromatic nitrogens is 2. The fourth-order valence-corrected chi connectivity index (χ4v) is 1.52. The predicted octanol–water partition coefficient (Wildman–Crippen LogP) is 0.577. The van der Waals surface area contributed by atoms with E-state index in [0.717, 1.165) is 5.69 Å². The summed E-state index contributed by atoms with van der Waals surface area (Å²) < 4.78 is 1.60. The summed E-state index contributed by atoms with van der Waals surface area (Å²) in [5, 5.41) is 15.3. The molecule has 2 N–H and O–H groups in total. The second-order valence-electron chi connectivity index (χ2n) is 3.77. The Kier molecular flexibility index (Phi) is 4.68. The molecule has 1 aromatic heterocycles. The number of nitrogens with zero attached hydrogens (tertiary/aromatic N) is 2. The predicted molar refractivity (Wildman–Crippen MR) is 61.8 cm³/mol. The Labute approximate surface area is 99.6 Å². The molecule has 0 unspecified atom stereocenters. The highest BCUT2D eigenvalue weighted by atomic mass is 16.4. The highest BCUT2D eigenvalue weighted by Crippen LogP contribution is 2.06. The van der Waals surface area contributed by atoms with Crippen LogP contribution in [0.4, 0.5) is 0 Å². The molecule has 6 heteroatoms. The van der Waals surface area contributed by atoms with Crippen molar-refractivity contribution < 1.29 is 14.7 Å². The Morgan fingerprint density at radius 3 is 2.82 bits per heavy atom. The van der Waals surface area contributed by atoms with Crippen LogP contribution >= 0.6 is 0 Å². The molecule has 0 bridgehead atoms. The molecule has 6 nitrogen and oxygen atoms in total. The van der Waals surface area contributed by atoms with Gasteiger partial charge in [-0.15, -0.1) is 0 Å². The fourth-order valence-electron chi connectivity index (χ4n) is 1.52. The molecule has 1 heterocycles. The Morgan fingerprint density at radius 2 is 2.24 bits per heavy atom. The third-order valence-electron chi connectivity index (χ3n) is 2.34. The van der Waals surface area contributed by atoms with Gasteiger partial charge in [-0.2, -0.15) is 5.10 Å². The SMILES string of the molecule is CCc1nn(C)cc1C(=O)NCCCC(=O)O. The van der Waals surface area contributed by atoms with Crippen molar-refractivity contribution in [2.45, 2.75) is 26.2 Å². The average Bonchev–Trinajstić information content (AvgIpc) is 2.65. The van der Waals surface area contributed by atoms with Crippen molar-refractivity contribution in [1.29, 1.82) is 0 Å². The van der Waals surface area contributed by atoms with Gasteiger partial charge in [-0.25, -0.2) is 0 Å². The third-order valence-corrected chi connectivity index (χ3v) is 2.34. The van der Waals surface area contributed by atoms with Gasteiger partial charge in [-0.05, 0) is 12.8 Å². The summed E-state index contributed by atoms with van der Waals surface area (Å²) in [6, 6.07) is 0. The molecule has 17 heavy (non-hydrogen) atoms. The van der Waals surface area contributed by atoms with Crippen LogP contribution < -0.4 is 5.32 Å². The first-order chi connectivity index (χ1) is 8.04. The molecule has 0 aromatic carbocycles. The normalized spacial score (nSPS) is 10.2. The van der Waals surface area contributed by atoms with Crippen LogP contribution in [0.2, 0.25) is 0 Å². The number of rotatable bonds is 6. The molecule has 0 spiro atoms. The number of aryl methyl sites for hydroxylation is 2. The molecular formula is C11H17N3O3. The van der Waals surface area contributed by atoms with Gasteiger partial charge in [0.15, 0.2) is 0 Å². The summed E-state index contributed by atoms with van der Waals surface area (Å²) in [6.07, 6.45) is 2.86. The lowest BCUT2D eigenvalue weighted by Crippen LogP contribution is -2.25. The second kappa shape index (κ2) is 6.03. The molecule has 94 valence electrons. The summed E-state index contributed by atoms with van der Waals surface area (Å²) in [6.45, 7) is 2.30. The minimum Gasteiger partial charge on any atom is -0.481 e. The highest BCUT2D eigenvalue weighted by Gasteiger charge is 2.13. The molecule has 1 aromatic rings. The van der Waals surface area contributed by atoms with Gasteiger partial charge >= 0.3 is 5.97 Å². The van der Waals surface area contributed by atoms with Crippen molar-refractivity contribution in [3.8, 4) is 0 Å². The van der Waals surface area contributed by atoms with Gasteiger partial charge < -0.3 is 10.4 Å². The lowest BCUT2D eigenvalue weighted by molar-refractivity contribution is -0.137. The summed E-state index contributed by atoms with van der Waals surface area (Å²) in [7, 11) is 1.76. The highest BCUT2D eigenvalue weighted by molar-refractivity contribution is 5.95. The minimum atomic E-state index is -0.852. The van der Waals surface area contributed by atoms with Crippen LogP contribution in [0, 0.1) is 0 Å². The largest absolute Gasteiger partial charge is 0.481 e. The first-order valence-electron chi connectivity index (χ1n) is 5.57. The summed E-state index contributed by atoms with van der Waals surface area (Å²) in [5.74, 6) is -1.05. The van der Waals surface area contributed by atoms with E-state index in [9.17, 15) is 9.59 Å². The van der Waals surface area contributed by atoms with Crippen LogP contribution in [0.5, 0.6) is 0 Å². The van der Waals surface area contributed by atoms with Crippen LogP contribution in [0.1, 0.15) is 35.8 Å². The number of carbonyl (C=O) groups is 2. The van der Waals surface area contributed by atoms with E-state index in [4.69, 9.17) is 5.11 Å². The Morgan fingerprint density at radius 1 is 1.53 bits per heavy atom. The lowest BCUT2D eigenvalue weighted by Gasteiger charge is -2.03. The molecule has 0 aliphatic rings. The topological polar surface area (TPSA) is 84.2 Å². The van der Waals surface area contributed by atoms with Gasteiger partial charge in [0.25, 0.3) is 5.91 Å². The maximum atomic E-state index is 11.8. The molecule has 0 radical (unpaired) electrons. The van der Waals surface area contributed by atoms with Crippen molar-refractivity contribution in [2.24, 2.45) is 7.05 Å². The van der Waals surface area contributed by atoms with Gasteiger partial charge in [-0.1, -0.05) is 6.92 Å². The summed E-state index contributed by atoms with van der Waals surface area (Å²) >= 11 is 0. The number of carboxylic acid groups (broad SMARTS) is 1. The van der Waals surface area contributed by atoms with E-state index in [1.807, 2.05) is 6.92 Å². The zero-order valence-electron chi connectivity index (χ0n) is 10.1. The molecule has 1 amide bonds. The monoisotopic (exact) mass is 239 g/mol. The van der Waals surface area contributed by atoms with Gasteiger partial charge in [-0.3, -0.25) is 14.3 Å². The van der Waals surface area contributed by atoms with Crippen molar-refractivity contribution in [3.05, 3.63) is 17.5 Å². The van der Waals surface area contributed by atoms with Crippen LogP contribution in [-0.2, 0) is 18.3 Å². The summed E-state index contributed by atoms with van der Waals surface area (Å²) in [4.78, 5) is 22.1. The van der Waals surface area contributed by atoms with Gasteiger partial charge in [0.05, 0.1) is 11.3 Å². The molecule has 0 fully saturated rings. The molecule has 0 aliphatic carbocycles. The van der Waals surface area contributed by atoms with Crippen molar-refractivity contribution in [2.75, 3.05) is 6.54 Å². The number of carbonyl (C=O) groups excluding carboxylic acids is 1. The summed E-state index contributed by atoms with van der Waals surface area (Å²) in [5.41, 5.74) is 1.31. The molecule has 0 atom stereocenters. The molecule has 0 saturated carbocycles. The number of hydrogen-bond acceptors (Lipinski definition) is 3. The van der Waals surface area contributed by atoms with E-state index in [0.29, 0.717) is 24.9 Å². The third kappa shape index (κ3) is 3.90. The van der Waals surface area contributed by atoms with Crippen LogP contribution in [0.15, 0.2) is 6.20 Å². The van der Waals surface area contributed by atoms with Crippen molar-refractivity contribution >= 4 is 11.9 Å². The fraction of sp³-hybridized carbons (Fsp3) is 0.545. The first-order valence-corrected chi connectivity index (χ1v) is 5.57. The maximum Gasteiger partial charge on any atom is 0.303 e. The van der Waals surface area contributed by atoms with E-state index in [2.05, 4.69) is 10.4 Å². The first kappa shape index (κ1) is 13.2. The Hall–Kier alpha value is -1.85. The van der Waals surface area contributed by atoms with E-state index in [1.165, 1.54) is 0 Å². The van der Waals surface area contributed by atoms with Crippen molar-refractivity contribution in [3.63, 3.8) is 0 Å². The lowest BCUT2D eigenvalue weighted by atomic mass is 10.2. The smallest absolute Gasteiger partial charge is 0.303 e. The van der Waals surface area contributed by atoms with E-state index < -0.39 is 5.97 Å².